The summed E-state index contributed by atoms with van der Waals surface area (Å²) in [5.41, 5.74) is -0.285. The van der Waals surface area contributed by atoms with Crippen molar-refractivity contribution in [1.82, 2.24) is 0 Å². The summed E-state index contributed by atoms with van der Waals surface area (Å²) in [6.45, 7) is 4.51. The average molecular weight is 698 g/mol. The molecule has 0 saturated heterocycles. The summed E-state index contributed by atoms with van der Waals surface area (Å²) in [5, 5.41) is -9.81. The van der Waals surface area contributed by atoms with Crippen molar-refractivity contribution in [2.75, 3.05) is 19.8 Å². The van der Waals surface area contributed by atoms with Gasteiger partial charge in [-0.05, 0) is 20.3 Å². The van der Waals surface area contributed by atoms with Gasteiger partial charge >= 0.3 is 99.4 Å². The van der Waals surface area contributed by atoms with Crippen molar-refractivity contribution in [2.24, 2.45) is 0 Å². The molecule has 1 unspecified atom stereocenters. The van der Waals surface area contributed by atoms with Gasteiger partial charge in [0.15, 0.2) is 46.2 Å². The number of alkyl halides is 6. The number of hydrogen-bond donors (Lipinski definition) is 0. The van der Waals surface area contributed by atoms with Crippen LogP contribution in [0.3, 0.4) is 0 Å². The first kappa shape index (κ1) is 48.7. The Balaban J connectivity index is -0.000000347. The molecule has 0 aromatic heterocycles. The minimum absolute atomic E-state index is 0. The van der Waals surface area contributed by atoms with Gasteiger partial charge in [0, 0.05) is 11.1 Å². The molecule has 0 fully saturated rings. The maximum absolute atomic E-state index is 13.7. The van der Waals surface area contributed by atoms with Crippen molar-refractivity contribution < 1.29 is 150 Å². The molecule has 0 amide bonds. The second-order valence-corrected chi connectivity index (χ2v) is 10.5. The van der Waals surface area contributed by atoms with E-state index in [1.165, 1.54) is 6.92 Å². The summed E-state index contributed by atoms with van der Waals surface area (Å²) < 4.78 is 154. The number of carbonyl (C=O) groups excluding carboxylic acids is 4. The molecule has 14 nitrogen and oxygen atoms in total. The second-order valence-electron chi connectivity index (χ2n) is 7.48. The van der Waals surface area contributed by atoms with E-state index in [1.54, 1.807) is 0 Å². The van der Waals surface area contributed by atoms with Crippen molar-refractivity contribution in [3.8, 4) is 0 Å². The van der Waals surface area contributed by atoms with Gasteiger partial charge in [-0.1, -0.05) is 20.1 Å². The molecule has 24 heteroatoms. The van der Waals surface area contributed by atoms with E-state index < -0.39 is 92.9 Å². The monoisotopic (exact) mass is 698 g/mol. The van der Waals surface area contributed by atoms with Crippen molar-refractivity contribution in [3.05, 3.63) is 24.3 Å². The first-order chi connectivity index (χ1) is 18.1. The minimum Gasteiger partial charge on any atom is -0.743 e. The summed E-state index contributed by atoms with van der Waals surface area (Å²) in [6, 6.07) is 0. The molecule has 0 spiro atoms. The number of rotatable bonds is 14. The van der Waals surface area contributed by atoms with Gasteiger partial charge in [0.2, 0.25) is 0 Å². The normalized spacial score (nSPS) is 12.4. The Kier molecular flexibility index (Phi) is 21.9. The van der Waals surface area contributed by atoms with Crippen LogP contribution < -0.4 is 59.1 Å². The zero-order valence-electron chi connectivity index (χ0n) is 23.1. The summed E-state index contributed by atoms with van der Waals surface area (Å²) >= 11 is 0. The van der Waals surface area contributed by atoms with Crippen LogP contribution in [0.2, 0.25) is 0 Å². The molecule has 0 aliphatic carbocycles. The molecule has 238 valence electrons. The smallest absolute Gasteiger partial charge is 0.743 e. The van der Waals surface area contributed by atoms with Crippen LogP contribution in [-0.4, -0.2) is 92.2 Å². The maximum atomic E-state index is 13.7. The minimum atomic E-state index is -6.20. The van der Waals surface area contributed by atoms with Gasteiger partial charge in [0.25, 0.3) is 0 Å². The Bertz CT molecular complexity index is 1240. The first-order valence-electron chi connectivity index (χ1n) is 10.2. The molecular formula is C19H22F6Na2O14S2. The van der Waals surface area contributed by atoms with Gasteiger partial charge in [0.1, 0.15) is 0 Å². The van der Waals surface area contributed by atoms with E-state index in [0.717, 1.165) is 13.8 Å². The third kappa shape index (κ3) is 17.1. The fraction of sp³-hybridized carbons (Fsp3) is 0.579. The molecule has 0 aliphatic rings. The predicted molar refractivity (Wildman–Crippen MR) is 117 cm³/mol. The third-order valence-electron chi connectivity index (χ3n) is 3.82. The molecule has 0 rings (SSSR count). The number of esters is 4. The zero-order chi connectivity index (χ0) is 33.2. The quantitative estimate of drug-likeness (QED) is 0.0414. The standard InChI is InChI=1S/C11H14F4O7S.C8H10F2O7S.2Na/c1-4-7(22-8(16)6(2)3)11(14,15)9(17)21-5-10(12,13)23(18,19)20;1-5(2)7(12)16-3-6(11)17-4-8(9,10)18(13,14)15;;/h7H,2,4-5H2,1,3H3,(H,18,19,20);1,3-4H2,2H3,(H,13,14,15);;/q;;2*+1/p-2. The average Bonchev–Trinajstić information content (AvgIpc) is 2.81. The molecule has 0 saturated carbocycles. The molecule has 1 atom stereocenters. The summed E-state index contributed by atoms with van der Waals surface area (Å²) in [5.74, 6) is -10.7. The van der Waals surface area contributed by atoms with Crippen LogP contribution >= 0.6 is 0 Å². The first-order valence-corrected chi connectivity index (χ1v) is 13.0. The van der Waals surface area contributed by atoms with E-state index >= 15 is 0 Å². The van der Waals surface area contributed by atoms with Crippen LogP contribution in [0.25, 0.3) is 0 Å². The number of hydrogen-bond acceptors (Lipinski definition) is 14. The fourth-order valence-corrected chi connectivity index (χ4v) is 2.03. The van der Waals surface area contributed by atoms with Crippen LogP contribution in [-0.2, 0) is 58.4 Å². The van der Waals surface area contributed by atoms with Crippen molar-refractivity contribution in [3.63, 3.8) is 0 Å². The van der Waals surface area contributed by atoms with E-state index in [0.29, 0.717) is 0 Å². The second kappa shape index (κ2) is 19.3. The maximum Gasteiger partial charge on any atom is 1.00 e. The fourth-order valence-electron chi connectivity index (χ4n) is 1.62. The molecule has 0 radical (unpaired) electrons. The van der Waals surface area contributed by atoms with Gasteiger partial charge in [-0.25, -0.2) is 36.0 Å². The van der Waals surface area contributed by atoms with E-state index in [4.69, 9.17) is 0 Å². The predicted octanol–water partition coefficient (Wildman–Crippen LogP) is -5.00. The Hall–Kier alpha value is -1.24. The molecule has 0 N–H and O–H groups in total. The van der Waals surface area contributed by atoms with E-state index in [9.17, 15) is 71.5 Å². The molecule has 43 heavy (non-hydrogen) atoms. The van der Waals surface area contributed by atoms with Gasteiger partial charge in [-0.2, -0.15) is 26.3 Å². The van der Waals surface area contributed by atoms with Crippen molar-refractivity contribution in [1.29, 1.82) is 0 Å². The van der Waals surface area contributed by atoms with Gasteiger partial charge in [-0.3, -0.25) is 0 Å². The zero-order valence-corrected chi connectivity index (χ0v) is 28.8. The van der Waals surface area contributed by atoms with Crippen LogP contribution in [0.4, 0.5) is 26.3 Å². The van der Waals surface area contributed by atoms with E-state index in [-0.39, 0.29) is 70.3 Å². The SMILES string of the molecule is C=C(C)C(=O)OC(CC)C(F)(F)C(=O)OCC(F)(F)S(=O)(=O)[O-].C=C(C)C(=O)OCC(=O)OCC(F)(F)S(=O)(=O)[O-].[Na+].[Na+]. The summed E-state index contributed by atoms with van der Waals surface area (Å²) in [6.07, 6.45) is -2.94. The van der Waals surface area contributed by atoms with Crippen LogP contribution in [0.5, 0.6) is 0 Å². The molecule has 0 heterocycles. The Morgan fingerprint density at radius 3 is 1.44 bits per heavy atom. The van der Waals surface area contributed by atoms with Crippen molar-refractivity contribution in [2.45, 2.75) is 49.7 Å². The van der Waals surface area contributed by atoms with E-state index in [1.807, 2.05) is 0 Å². The van der Waals surface area contributed by atoms with Crippen LogP contribution in [0, 0.1) is 0 Å². The van der Waals surface area contributed by atoms with Crippen molar-refractivity contribution >= 4 is 44.1 Å². The van der Waals surface area contributed by atoms with Gasteiger partial charge in [0.05, 0.1) is 0 Å². The Morgan fingerprint density at radius 2 is 1.12 bits per heavy atom. The van der Waals surface area contributed by atoms with E-state index in [2.05, 4.69) is 32.1 Å². The van der Waals surface area contributed by atoms with Gasteiger partial charge in [-0.15, -0.1) is 0 Å². The van der Waals surface area contributed by atoms with Crippen LogP contribution in [0.1, 0.15) is 27.2 Å². The number of carbonyl (C=O) groups is 4. The third-order valence-corrected chi connectivity index (χ3v) is 5.52. The van der Waals surface area contributed by atoms with Gasteiger partial charge < -0.3 is 28.1 Å². The summed E-state index contributed by atoms with van der Waals surface area (Å²) in [7, 11) is -12.1. The largest absolute Gasteiger partial charge is 1.00 e. The number of ether oxygens (including phenoxy) is 4. The molecule has 0 aromatic rings. The summed E-state index contributed by atoms with van der Waals surface area (Å²) in [4.78, 5) is 43.9. The Labute approximate surface area is 285 Å². The molecule has 0 aromatic carbocycles. The Morgan fingerprint density at radius 1 is 0.744 bits per heavy atom. The topological polar surface area (TPSA) is 220 Å². The number of halogens is 6. The van der Waals surface area contributed by atoms with Crippen LogP contribution in [0.15, 0.2) is 24.3 Å². The molecule has 0 bridgehead atoms. The molecule has 0 aliphatic heterocycles. The molecular weight excluding hydrogens is 676 g/mol.